The second kappa shape index (κ2) is 7.47. The van der Waals surface area contributed by atoms with Gasteiger partial charge in [-0.25, -0.2) is 4.79 Å². The zero-order valence-electron chi connectivity index (χ0n) is 11.9. The molecule has 3 nitrogen and oxygen atoms in total. The molecular weight excluding hydrogens is 341 g/mol. The van der Waals surface area contributed by atoms with Crippen molar-refractivity contribution < 1.29 is 9.90 Å². The summed E-state index contributed by atoms with van der Waals surface area (Å²) in [5.74, 6) is -0.819. The average molecular weight is 358 g/mol. The number of benzene rings is 1. The van der Waals surface area contributed by atoms with Crippen LogP contribution < -0.4 is 0 Å². The normalized spacial score (nSPS) is 14.8. The molecule has 0 radical (unpaired) electrons. The van der Waals surface area contributed by atoms with Crippen molar-refractivity contribution in [3.63, 3.8) is 0 Å². The molecule has 0 amide bonds. The van der Waals surface area contributed by atoms with Crippen LogP contribution in [0.1, 0.15) is 25.7 Å². The number of halogens is 2. The topological polar surface area (TPSA) is 40.5 Å². The van der Waals surface area contributed by atoms with Gasteiger partial charge in [0.25, 0.3) is 0 Å². The molecule has 22 heavy (non-hydrogen) atoms. The number of hydrogen-bond acceptors (Lipinski definition) is 3. The highest BCUT2D eigenvalue weighted by atomic mass is 35.5. The summed E-state index contributed by atoms with van der Waals surface area (Å²) in [5, 5.41) is 9.88. The molecule has 0 saturated heterocycles. The number of carbonyl (C=O) groups is 1. The molecule has 118 valence electrons. The van der Waals surface area contributed by atoms with E-state index in [0.29, 0.717) is 4.88 Å². The standard InChI is InChI=1S/C16H16ClNO2S.ClH/c17-13-4-2-1-3-12(13)10-18-7-5-11-9-15(16(19)20)21-14(11)6-8-18;/h1-4,9H,5-8,10H2,(H,19,20);1H. The third kappa shape index (κ3) is 3.82. The van der Waals surface area contributed by atoms with Crippen LogP contribution in [0.4, 0.5) is 0 Å². The molecule has 0 aliphatic carbocycles. The zero-order chi connectivity index (χ0) is 14.8. The lowest BCUT2D eigenvalue weighted by Gasteiger charge is -2.20. The average Bonchev–Trinajstić information content (AvgIpc) is 2.79. The van der Waals surface area contributed by atoms with Gasteiger partial charge >= 0.3 is 5.97 Å². The molecule has 6 heteroatoms. The van der Waals surface area contributed by atoms with Gasteiger partial charge in [-0.1, -0.05) is 29.8 Å². The predicted octanol–water partition coefficient (Wildman–Crippen LogP) is 4.12. The van der Waals surface area contributed by atoms with Gasteiger partial charge < -0.3 is 5.11 Å². The Labute approximate surface area is 144 Å². The lowest BCUT2D eigenvalue weighted by atomic mass is 10.1. The Morgan fingerprint density at radius 1 is 1.27 bits per heavy atom. The minimum Gasteiger partial charge on any atom is -0.477 e. The van der Waals surface area contributed by atoms with Crippen molar-refractivity contribution in [2.24, 2.45) is 0 Å². The minimum atomic E-state index is -0.819. The molecular formula is C16H17Cl2NO2S. The summed E-state index contributed by atoms with van der Waals surface area (Å²) in [6.07, 6.45) is 1.82. The van der Waals surface area contributed by atoms with Crippen LogP contribution >= 0.6 is 35.3 Å². The second-order valence-electron chi connectivity index (χ2n) is 5.23. The largest absolute Gasteiger partial charge is 0.477 e. The Hall–Kier alpha value is -1.07. The van der Waals surface area contributed by atoms with E-state index in [1.165, 1.54) is 21.8 Å². The summed E-state index contributed by atoms with van der Waals surface area (Å²) in [6.45, 7) is 2.73. The van der Waals surface area contributed by atoms with E-state index in [1.807, 2.05) is 24.3 Å². The van der Waals surface area contributed by atoms with Crippen LogP contribution in [-0.4, -0.2) is 29.1 Å². The fourth-order valence-electron chi connectivity index (χ4n) is 2.67. The van der Waals surface area contributed by atoms with E-state index in [-0.39, 0.29) is 12.4 Å². The first kappa shape index (κ1) is 17.3. The number of thiophene rings is 1. The monoisotopic (exact) mass is 357 g/mol. The van der Waals surface area contributed by atoms with Crippen LogP contribution in [0.2, 0.25) is 5.02 Å². The van der Waals surface area contributed by atoms with E-state index >= 15 is 0 Å². The molecule has 1 aromatic heterocycles. The third-order valence-electron chi connectivity index (χ3n) is 3.81. The van der Waals surface area contributed by atoms with Gasteiger partial charge in [0, 0.05) is 29.5 Å². The Morgan fingerprint density at radius 2 is 2.00 bits per heavy atom. The number of hydrogen-bond donors (Lipinski definition) is 1. The Kier molecular flexibility index (Phi) is 5.87. The Balaban J connectivity index is 0.00000176. The van der Waals surface area contributed by atoms with E-state index < -0.39 is 5.97 Å². The molecule has 0 bridgehead atoms. The van der Waals surface area contributed by atoms with E-state index in [4.69, 9.17) is 16.7 Å². The molecule has 1 aliphatic rings. The van der Waals surface area contributed by atoms with Gasteiger partial charge in [0.1, 0.15) is 4.88 Å². The molecule has 1 aromatic carbocycles. The predicted molar refractivity (Wildman–Crippen MR) is 92.7 cm³/mol. The minimum absolute atomic E-state index is 0. The third-order valence-corrected chi connectivity index (χ3v) is 5.41. The molecule has 0 spiro atoms. The maximum atomic E-state index is 11.0. The SMILES string of the molecule is Cl.O=C(O)c1cc2c(s1)CCN(Cc1ccccc1Cl)CC2. The number of carboxylic acid groups (broad SMARTS) is 1. The van der Waals surface area contributed by atoms with Gasteiger partial charge in [-0.3, -0.25) is 4.90 Å². The summed E-state index contributed by atoms with van der Waals surface area (Å²) >= 11 is 7.63. The maximum Gasteiger partial charge on any atom is 0.345 e. The highest BCUT2D eigenvalue weighted by Crippen LogP contribution is 2.27. The Morgan fingerprint density at radius 3 is 2.73 bits per heavy atom. The molecule has 0 atom stereocenters. The quantitative estimate of drug-likeness (QED) is 0.897. The van der Waals surface area contributed by atoms with Gasteiger partial charge in [-0.15, -0.1) is 23.7 Å². The number of nitrogens with zero attached hydrogens (tertiary/aromatic N) is 1. The van der Waals surface area contributed by atoms with Crippen LogP contribution in [0.3, 0.4) is 0 Å². The van der Waals surface area contributed by atoms with Crippen LogP contribution in [0.15, 0.2) is 30.3 Å². The molecule has 1 N–H and O–H groups in total. The van der Waals surface area contributed by atoms with Crippen molar-refractivity contribution in [3.8, 4) is 0 Å². The van der Waals surface area contributed by atoms with Crippen LogP contribution in [0, 0.1) is 0 Å². The van der Waals surface area contributed by atoms with Crippen LogP contribution in [-0.2, 0) is 19.4 Å². The molecule has 0 saturated carbocycles. The molecule has 0 unspecified atom stereocenters. The van der Waals surface area contributed by atoms with Gasteiger partial charge in [0.05, 0.1) is 0 Å². The first-order chi connectivity index (χ1) is 10.1. The van der Waals surface area contributed by atoms with E-state index in [1.54, 1.807) is 0 Å². The summed E-state index contributed by atoms with van der Waals surface area (Å²) < 4.78 is 0. The fourth-order valence-corrected chi connectivity index (χ4v) is 3.91. The smallest absolute Gasteiger partial charge is 0.345 e. The van der Waals surface area contributed by atoms with E-state index in [2.05, 4.69) is 11.0 Å². The molecule has 2 aromatic rings. The van der Waals surface area contributed by atoms with Crippen molar-refractivity contribution in [2.75, 3.05) is 13.1 Å². The summed E-state index contributed by atoms with van der Waals surface area (Å²) in [5.41, 5.74) is 2.34. The van der Waals surface area contributed by atoms with Gasteiger partial charge in [0.15, 0.2) is 0 Å². The number of rotatable bonds is 3. The van der Waals surface area contributed by atoms with Gasteiger partial charge in [0.2, 0.25) is 0 Å². The van der Waals surface area contributed by atoms with Gasteiger partial charge in [-0.05, 0) is 36.1 Å². The van der Waals surface area contributed by atoms with Crippen molar-refractivity contribution >= 4 is 41.3 Å². The first-order valence-corrected chi connectivity index (χ1v) is 8.13. The van der Waals surface area contributed by atoms with Crippen LogP contribution in [0.25, 0.3) is 0 Å². The van der Waals surface area contributed by atoms with Crippen molar-refractivity contribution in [2.45, 2.75) is 19.4 Å². The van der Waals surface area contributed by atoms with Crippen molar-refractivity contribution in [1.82, 2.24) is 4.90 Å². The first-order valence-electron chi connectivity index (χ1n) is 6.94. The highest BCUT2D eigenvalue weighted by molar-refractivity contribution is 7.14. The van der Waals surface area contributed by atoms with Crippen molar-refractivity contribution in [1.29, 1.82) is 0 Å². The second-order valence-corrected chi connectivity index (χ2v) is 6.78. The van der Waals surface area contributed by atoms with Crippen LogP contribution in [0.5, 0.6) is 0 Å². The summed E-state index contributed by atoms with van der Waals surface area (Å²) in [7, 11) is 0. The molecule has 2 heterocycles. The fraction of sp³-hybridized carbons (Fsp3) is 0.312. The Bertz CT molecular complexity index is 646. The lowest BCUT2D eigenvalue weighted by Crippen LogP contribution is -2.26. The number of fused-ring (bicyclic) bond motifs is 1. The molecule has 3 rings (SSSR count). The highest BCUT2D eigenvalue weighted by Gasteiger charge is 2.19. The maximum absolute atomic E-state index is 11.0. The zero-order valence-corrected chi connectivity index (χ0v) is 14.3. The summed E-state index contributed by atoms with van der Waals surface area (Å²) in [6, 6.07) is 9.77. The lowest BCUT2D eigenvalue weighted by molar-refractivity contribution is 0.0702. The van der Waals surface area contributed by atoms with E-state index in [9.17, 15) is 4.79 Å². The molecule has 0 fully saturated rings. The number of aromatic carboxylic acids is 1. The molecule has 1 aliphatic heterocycles. The van der Waals surface area contributed by atoms with Crippen molar-refractivity contribution in [3.05, 3.63) is 56.2 Å². The summed E-state index contributed by atoms with van der Waals surface area (Å²) in [4.78, 5) is 15.1. The number of carboxylic acids is 1. The van der Waals surface area contributed by atoms with Gasteiger partial charge in [-0.2, -0.15) is 0 Å². The van der Waals surface area contributed by atoms with E-state index in [0.717, 1.165) is 43.1 Å².